The smallest absolute Gasteiger partial charge is 0.247 e. The summed E-state index contributed by atoms with van der Waals surface area (Å²) in [6, 6.07) is 8.14. The van der Waals surface area contributed by atoms with Crippen molar-refractivity contribution in [2.24, 2.45) is 11.8 Å². The molecule has 0 saturated carbocycles. The first-order valence-electron chi connectivity index (χ1n) is 15.2. The molecule has 1 spiro atoms. The van der Waals surface area contributed by atoms with Crippen LogP contribution in [0.1, 0.15) is 19.8 Å². The summed E-state index contributed by atoms with van der Waals surface area (Å²) in [5.41, 5.74) is 0.748. The van der Waals surface area contributed by atoms with Crippen LogP contribution in [0.25, 0.3) is 0 Å². The number of alkyl halides is 1. The Morgan fingerprint density at radius 2 is 1.88 bits per heavy atom. The van der Waals surface area contributed by atoms with Crippen LogP contribution in [-0.2, 0) is 19.1 Å². The predicted molar refractivity (Wildman–Crippen MR) is 173 cm³/mol. The molecule has 9 nitrogen and oxygen atoms in total. The number of carbonyl (C=O) groups is 3. The molecule has 7 atom stereocenters. The van der Waals surface area contributed by atoms with E-state index in [2.05, 4.69) is 34.0 Å². The number of anilines is 1. The number of fused-ring (bicyclic) bond motifs is 1. The van der Waals surface area contributed by atoms with E-state index < -0.39 is 28.7 Å². The Bertz CT molecular complexity index is 1200. The van der Waals surface area contributed by atoms with Crippen LogP contribution in [-0.4, -0.2) is 124 Å². The van der Waals surface area contributed by atoms with Gasteiger partial charge in [-0.25, -0.2) is 0 Å². The van der Waals surface area contributed by atoms with E-state index in [-0.39, 0.29) is 34.4 Å². The highest BCUT2D eigenvalue weighted by atomic mass is 79.9. The minimum absolute atomic E-state index is 0.0393. The lowest BCUT2D eigenvalue weighted by Gasteiger charge is -2.40. The van der Waals surface area contributed by atoms with Gasteiger partial charge in [-0.3, -0.25) is 19.3 Å². The maximum absolute atomic E-state index is 14.7. The van der Waals surface area contributed by atoms with Crippen LogP contribution in [0.4, 0.5) is 5.69 Å². The second-order valence-electron chi connectivity index (χ2n) is 11.8. The standard InChI is InChI=1S/C32H43BrN4O5S/c1-4-12-35(15-14-34-16-18-42-19-17-34)31(41)28-32-20-24(33)27(43-32)25(26(32)30(40)37(28)22(6-3)21-38)29(39)36(13-5-2)23-10-8-7-9-11-23/h4-5,7-11,22,24-28,38H,1-2,6,12-21H2,3H3/t22-,24?,25+,26-,27+,28?,32?/m0/s1. The minimum atomic E-state index is -0.788. The lowest BCUT2D eigenvalue weighted by molar-refractivity contribution is -0.145. The van der Waals surface area contributed by atoms with Gasteiger partial charge in [0.05, 0.1) is 42.4 Å². The molecule has 4 heterocycles. The molecule has 5 rings (SSSR count). The van der Waals surface area contributed by atoms with Gasteiger partial charge in [0.25, 0.3) is 0 Å². The van der Waals surface area contributed by atoms with Crippen molar-refractivity contribution in [1.29, 1.82) is 0 Å². The molecule has 0 aliphatic carbocycles. The normalized spacial score (nSPS) is 30.6. The molecule has 4 aliphatic heterocycles. The number of likely N-dealkylation sites (tertiary alicyclic amines) is 1. The molecule has 2 bridgehead atoms. The second kappa shape index (κ2) is 13.9. The van der Waals surface area contributed by atoms with Crippen molar-refractivity contribution in [3.63, 3.8) is 0 Å². The highest BCUT2D eigenvalue weighted by molar-refractivity contribution is 9.09. The Labute approximate surface area is 267 Å². The molecule has 3 amide bonds. The van der Waals surface area contributed by atoms with Crippen molar-refractivity contribution in [3.8, 4) is 0 Å². The lowest BCUT2D eigenvalue weighted by Crippen LogP contribution is -2.58. The van der Waals surface area contributed by atoms with E-state index in [4.69, 9.17) is 4.74 Å². The quantitative estimate of drug-likeness (QED) is 0.254. The highest BCUT2D eigenvalue weighted by Crippen LogP contribution is 2.68. The number of para-hydroxylation sites is 1. The van der Waals surface area contributed by atoms with Gasteiger partial charge in [-0.1, -0.05) is 53.2 Å². The van der Waals surface area contributed by atoms with Crippen molar-refractivity contribution in [2.75, 3.05) is 64.0 Å². The third-order valence-electron chi connectivity index (χ3n) is 9.42. The van der Waals surface area contributed by atoms with E-state index in [0.29, 0.717) is 52.2 Å². The number of nitrogens with zero attached hydrogens (tertiary/aromatic N) is 4. The fraction of sp³-hybridized carbons (Fsp3) is 0.594. The zero-order valence-electron chi connectivity index (χ0n) is 24.9. The molecule has 4 fully saturated rings. The molecule has 11 heteroatoms. The highest BCUT2D eigenvalue weighted by Gasteiger charge is 2.76. The largest absolute Gasteiger partial charge is 0.394 e. The van der Waals surface area contributed by atoms with Gasteiger partial charge in [-0.05, 0) is 25.0 Å². The number of amides is 3. The Morgan fingerprint density at radius 1 is 1.19 bits per heavy atom. The van der Waals surface area contributed by atoms with Gasteiger partial charge in [-0.2, -0.15) is 0 Å². The maximum Gasteiger partial charge on any atom is 0.247 e. The molecule has 4 saturated heterocycles. The number of benzene rings is 1. The SMILES string of the molecule is C=CCN(CCN1CCOCC1)C(=O)C1N([C@@H](CC)CO)C(=O)[C@@H]2[C@@H](C(=O)N(CC=C)c3ccccc3)[C@@H]3SC12CC3Br. The summed E-state index contributed by atoms with van der Waals surface area (Å²) in [6.07, 6.45) is 4.52. The van der Waals surface area contributed by atoms with Crippen molar-refractivity contribution in [1.82, 2.24) is 14.7 Å². The van der Waals surface area contributed by atoms with E-state index in [0.717, 1.165) is 18.8 Å². The van der Waals surface area contributed by atoms with Gasteiger partial charge in [0, 0.05) is 55.0 Å². The van der Waals surface area contributed by atoms with Gasteiger partial charge in [0.2, 0.25) is 17.7 Å². The number of halogens is 1. The topological polar surface area (TPSA) is 93.6 Å². The molecule has 4 aliphatic rings. The summed E-state index contributed by atoms with van der Waals surface area (Å²) in [5, 5.41) is 10.3. The first-order valence-corrected chi connectivity index (χ1v) is 17.0. The fourth-order valence-corrected chi connectivity index (χ4v) is 11.0. The molecule has 0 aromatic heterocycles. The fourth-order valence-electron chi connectivity index (χ4n) is 7.38. The summed E-state index contributed by atoms with van der Waals surface area (Å²) in [6.45, 7) is 14.3. The maximum atomic E-state index is 14.7. The number of ether oxygens (including phenoxy) is 1. The molecule has 3 unspecified atom stereocenters. The van der Waals surface area contributed by atoms with Crippen molar-refractivity contribution < 1.29 is 24.2 Å². The van der Waals surface area contributed by atoms with Gasteiger partial charge < -0.3 is 24.5 Å². The molecular weight excluding hydrogens is 632 g/mol. The monoisotopic (exact) mass is 674 g/mol. The Hall–Kier alpha value is -2.18. The Balaban J connectivity index is 1.52. The molecule has 234 valence electrons. The van der Waals surface area contributed by atoms with Gasteiger partial charge in [-0.15, -0.1) is 24.9 Å². The number of aliphatic hydroxyl groups excluding tert-OH is 1. The summed E-state index contributed by atoms with van der Waals surface area (Å²) < 4.78 is 4.70. The van der Waals surface area contributed by atoms with Gasteiger partial charge >= 0.3 is 0 Å². The minimum Gasteiger partial charge on any atom is -0.394 e. The number of hydrogen-bond donors (Lipinski definition) is 1. The number of morpholine rings is 1. The third kappa shape index (κ3) is 5.83. The number of rotatable bonds is 13. The molecule has 43 heavy (non-hydrogen) atoms. The lowest BCUT2D eigenvalue weighted by atomic mass is 9.70. The molecule has 1 aromatic rings. The van der Waals surface area contributed by atoms with Crippen molar-refractivity contribution in [3.05, 3.63) is 55.6 Å². The van der Waals surface area contributed by atoms with E-state index >= 15 is 0 Å². The summed E-state index contributed by atoms with van der Waals surface area (Å²) in [5.74, 6) is -1.76. The van der Waals surface area contributed by atoms with Crippen LogP contribution in [0.2, 0.25) is 0 Å². The number of hydrogen-bond acceptors (Lipinski definition) is 7. The van der Waals surface area contributed by atoms with E-state index in [1.165, 1.54) is 0 Å². The van der Waals surface area contributed by atoms with Crippen molar-refractivity contribution >= 4 is 51.1 Å². The second-order valence-corrected chi connectivity index (χ2v) is 14.5. The van der Waals surface area contributed by atoms with Crippen LogP contribution < -0.4 is 4.90 Å². The van der Waals surface area contributed by atoms with Crippen LogP contribution >= 0.6 is 27.7 Å². The Kier molecular flexibility index (Phi) is 10.4. The molecule has 0 radical (unpaired) electrons. The summed E-state index contributed by atoms with van der Waals surface area (Å²) in [4.78, 5) is 51.1. The van der Waals surface area contributed by atoms with E-state index in [1.54, 1.807) is 38.6 Å². The van der Waals surface area contributed by atoms with E-state index in [9.17, 15) is 19.5 Å². The summed E-state index contributed by atoms with van der Waals surface area (Å²) in [7, 11) is 0. The average molecular weight is 676 g/mol. The first-order chi connectivity index (χ1) is 20.8. The van der Waals surface area contributed by atoms with Crippen LogP contribution in [0.5, 0.6) is 0 Å². The molecule has 1 aromatic carbocycles. The number of thioether (sulfide) groups is 1. The molecule has 1 N–H and O–H groups in total. The predicted octanol–water partition coefficient (Wildman–Crippen LogP) is 2.79. The van der Waals surface area contributed by atoms with E-state index in [1.807, 2.05) is 37.3 Å². The van der Waals surface area contributed by atoms with Crippen LogP contribution in [0.15, 0.2) is 55.6 Å². The van der Waals surface area contributed by atoms with Crippen LogP contribution in [0.3, 0.4) is 0 Å². The van der Waals surface area contributed by atoms with Crippen molar-refractivity contribution in [2.45, 2.75) is 46.7 Å². The third-order valence-corrected chi connectivity index (χ3v) is 12.6. The molecular formula is C32H43BrN4O5S. The van der Waals surface area contributed by atoms with Gasteiger partial charge in [0.15, 0.2) is 0 Å². The zero-order valence-corrected chi connectivity index (χ0v) is 27.3. The summed E-state index contributed by atoms with van der Waals surface area (Å²) >= 11 is 5.49. The average Bonchev–Trinajstić information content (AvgIpc) is 3.62. The first kappa shape index (κ1) is 32.2. The number of aliphatic hydroxyl groups is 1. The Morgan fingerprint density at radius 3 is 2.51 bits per heavy atom. The zero-order chi connectivity index (χ0) is 30.7. The van der Waals surface area contributed by atoms with Gasteiger partial charge in [0.1, 0.15) is 6.04 Å². The number of carbonyl (C=O) groups excluding carboxylic acids is 3. The van der Waals surface area contributed by atoms with Crippen LogP contribution in [0, 0.1) is 11.8 Å².